The highest BCUT2D eigenvalue weighted by atomic mass is 16.7. The van der Waals surface area contributed by atoms with Crippen LogP contribution in [-0.4, -0.2) is 18.9 Å². The van der Waals surface area contributed by atoms with E-state index in [4.69, 9.17) is 9.47 Å². The Morgan fingerprint density at radius 2 is 2.00 bits per heavy atom. The normalized spacial score (nSPS) is 12.8. The van der Waals surface area contributed by atoms with E-state index in [1.807, 2.05) is 20.8 Å². The fourth-order valence-corrected chi connectivity index (χ4v) is 0.489. The number of carbonyl (C=O) groups is 1. The second-order valence-corrected chi connectivity index (χ2v) is 3.11. The first-order chi connectivity index (χ1) is 5.56. The third-order valence-electron chi connectivity index (χ3n) is 1.29. The Morgan fingerprint density at radius 3 is 2.42 bits per heavy atom. The van der Waals surface area contributed by atoms with Gasteiger partial charge in [0.15, 0.2) is 0 Å². The lowest BCUT2D eigenvalue weighted by Crippen LogP contribution is -2.17. The lowest BCUT2D eigenvalue weighted by atomic mass is 10.2. The summed E-state index contributed by atoms with van der Waals surface area (Å²) < 4.78 is 9.63. The topological polar surface area (TPSA) is 35.5 Å². The van der Waals surface area contributed by atoms with Gasteiger partial charge in [0.1, 0.15) is 6.10 Å². The zero-order chi connectivity index (χ0) is 9.56. The molecule has 1 radical (unpaired) electrons. The Kier molecular flexibility index (Phi) is 5.51. The third kappa shape index (κ3) is 6.01. The van der Waals surface area contributed by atoms with Crippen molar-refractivity contribution >= 4 is 6.16 Å². The SMILES string of the molecule is C[CH][C@@H](C)OC(=O)OCC(C)C. The first-order valence-corrected chi connectivity index (χ1v) is 4.19. The van der Waals surface area contributed by atoms with Crippen LogP contribution in [0.25, 0.3) is 0 Å². The predicted molar refractivity (Wildman–Crippen MR) is 46.7 cm³/mol. The van der Waals surface area contributed by atoms with E-state index in [9.17, 15) is 4.79 Å². The van der Waals surface area contributed by atoms with E-state index in [0.717, 1.165) is 0 Å². The highest BCUT2D eigenvalue weighted by Gasteiger charge is 2.08. The third-order valence-corrected chi connectivity index (χ3v) is 1.29. The highest BCUT2D eigenvalue weighted by Crippen LogP contribution is 1.99. The molecule has 0 aliphatic rings. The zero-order valence-corrected chi connectivity index (χ0v) is 8.16. The Hall–Kier alpha value is -0.730. The van der Waals surface area contributed by atoms with Gasteiger partial charge in [-0.1, -0.05) is 20.8 Å². The van der Waals surface area contributed by atoms with Crippen molar-refractivity contribution in [2.24, 2.45) is 5.92 Å². The average Bonchev–Trinajstić information content (AvgIpc) is 2.00. The van der Waals surface area contributed by atoms with Crippen LogP contribution in [0.2, 0.25) is 0 Å². The first kappa shape index (κ1) is 11.3. The van der Waals surface area contributed by atoms with E-state index in [1.54, 1.807) is 13.3 Å². The summed E-state index contributed by atoms with van der Waals surface area (Å²) in [6, 6.07) is 0. The summed E-state index contributed by atoms with van der Waals surface area (Å²) in [6.07, 6.45) is 1.02. The molecule has 12 heavy (non-hydrogen) atoms. The number of rotatable bonds is 4. The predicted octanol–water partition coefficient (Wildman–Crippen LogP) is 2.41. The zero-order valence-electron chi connectivity index (χ0n) is 8.16. The number of hydrogen-bond acceptors (Lipinski definition) is 3. The molecule has 3 nitrogen and oxygen atoms in total. The average molecular weight is 173 g/mol. The first-order valence-electron chi connectivity index (χ1n) is 4.19. The summed E-state index contributed by atoms with van der Waals surface area (Å²) in [5.74, 6) is 0.346. The molecule has 0 bridgehead atoms. The molecule has 0 amide bonds. The maximum atomic E-state index is 10.9. The molecule has 0 aliphatic carbocycles. The molecule has 0 N–H and O–H groups in total. The van der Waals surface area contributed by atoms with Gasteiger partial charge in [-0.15, -0.1) is 0 Å². The summed E-state index contributed by atoms with van der Waals surface area (Å²) in [5.41, 5.74) is 0. The van der Waals surface area contributed by atoms with E-state index in [2.05, 4.69) is 0 Å². The van der Waals surface area contributed by atoms with Crippen LogP contribution in [0.4, 0.5) is 4.79 Å². The van der Waals surface area contributed by atoms with Gasteiger partial charge in [-0.3, -0.25) is 0 Å². The molecule has 0 aromatic heterocycles. The van der Waals surface area contributed by atoms with Crippen LogP contribution in [0, 0.1) is 12.3 Å². The van der Waals surface area contributed by atoms with Crippen LogP contribution < -0.4 is 0 Å². The molecule has 0 unspecified atom stereocenters. The lowest BCUT2D eigenvalue weighted by Gasteiger charge is -2.11. The molecule has 0 saturated heterocycles. The van der Waals surface area contributed by atoms with Crippen molar-refractivity contribution < 1.29 is 14.3 Å². The van der Waals surface area contributed by atoms with Gasteiger partial charge in [-0.05, 0) is 19.3 Å². The van der Waals surface area contributed by atoms with Crippen molar-refractivity contribution in [3.63, 3.8) is 0 Å². The minimum atomic E-state index is -0.589. The second kappa shape index (κ2) is 5.86. The van der Waals surface area contributed by atoms with Crippen LogP contribution in [0.15, 0.2) is 0 Å². The van der Waals surface area contributed by atoms with Crippen molar-refractivity contribution in [3.05, 3.63) is 6.42 Å². The largest absolute Gasteiger partial charge is 0.508 e. The summed E-state index contributed by atoms with van der Waals surface area (Å²) in [5, 5.41) is 0. The summed E-state index contributed by atoms with van der Waals surface area (Å²) in [6.45, 7) is 7.98. The van der Waals surface area contributed by atoms with Crippen LogP contribution in [0.5, 0.6) is 0 Å². The molecule has 1 atom stereocenters. The Bertz CT molecular complexity index is 132. The van der Waals surface area contributed by atoms with E-state index < -0.39 is 6.16 Å². The summed E-state index contributed by atoms with van der Waals surface area (Å²) in [7, 11) is 0. The van der Waals surface area contributed by atoms with E-state index in [1.165, 1.54) is 0 Å². The molecule has 0 fully saturated rings. The van der Waals surface area contributed by atoms with Crippen LogP contribution in [0.1, 0.15) is 27.7 Å². The Balaban J connectivity index is 3.46. The van der Waals surface area contributed by atoms with Crippen molar-refractivity contribution in [2.45, 2.75) is 33.8 Å². The molecular weight excluding hydrogens is 156 g/mol. The quantitative estimate of drug-likeness (QED) is 0.612. The van der Waals surface area contributed by atoms with Gasteiger partial charge < -0.3 is 9.47 Å². The molecule has 0 rings (SSSR count). The molecule has 3 heteroatoms. The van der Waals surface area contributed by atoms with E-state index in [0.29, 0.717) is 12.5 Å². The summed E-state index contributed by atoms with van der Waals surface area (Å²) >= 11 is 0. The smallest absolute Gasteiger partial charge is 0.434 e. The molecule has 0 spiro atoms. The fraction of sp³-hybridized carbons (Fsp3) is 0.778. The van der Waals surface area contributed by atoms with E-state index >= 15 is 0 Å². The van der Waals surface area contributed by atoms with Crippen molar-refractivity contribution in [1.29, 1.82) is 0 Å². The van der Waals surface area contributed by atoms with Crippen molar-refractivity contribution in [2.75, 3.05) is 6.61 Å². The molecule has 0 aromatic rings. The molecule has 0 heterocycles. The van der Waals surface area contributed by atoms with Gasteiger partial charge in [-0.2, -0.15) is 0 Å². The summed E-state index contributed by atoms with van der Waals surface area (Å²) in [4.78, 5) is 10.9. The van der Waals surface area contributed by atoms with E-state index in [-0.39, 0.29) is 6.10 Å². The second-order valence-electron chi connectivity index (χ2n) is 3.11. The van der Waals surface area contributed by atoms with Gasteiger partial charge in [0.05, 0.1) is 6.61 Å². The minimum absolute atomic E-state index is 0.176. The maximum absolute atomic E-state index is 10.9. The fourth-order valence-electron chi connectivity index (χ4n) is 0.489. The van der Waals surface area contributed by atoms with Crippen molar-refractivity contribution in [1.82, 2.24) is 0 Å². The van der Waals surface area contributed by atoms with Crippen molar-refractivity contribution in [3.8, 4) is 0 Å². The van der Waals surface area contributed by atoms with Crippen LogP contribution in [-0.2, 0) is 9.47 Å². The van der Waals surface area contributed by atoms with Crippen LogP contribution >= 0.6 is 0 Å². The van der Waals surface area contributed by atoms with Gasteiger partial charge in [0.2, 0.25) is 0 Å². The molecule has 0 aliphatic heterocycles. The molecule has 0 saturated carbocycles. The van der Waals surface area contributed by atoms with Gasteiger partial charge in [0.25, 0.3) is 0 Å². The monoisotopic (exact) mass is 173 g/mol. The standard InChI is InChI=1S/C9H17O3/c1-5-8(4)12-9(10)11-6-7(2)3/h5,7-8H,6H2,1-4H3/t8-/m1/s1. The Labute approximate surface area is 74.0 Å². The number of hydrogen-bond donors (Lipinski definition) is 0. The lowest BCUT2D eigenvalue weighted by molar-refractivity contribution is 0.0314. The Morgan fingerprint density at radius 1 is 1.42 bits per heavy atom. The molecular formula is C9H17O3. The highest BCUT2D eigenvalue weighted by molar-refractivity contribution is 5.60. The van der Waals surface area contributed by atoms with Crippen LogP contribution in [0.3, 0.4) is 0 Å². The molecule has 71 valence electrons. The number of carbonyl (C=O) groups excluding carboxylic acids is 1. The van der Waals surface area contributed by atoms with Gasteiger partial charge in [0, 0.05) is 0 Å². The number of ether oxygens (including phenoxy) is 2. The van der Waals surface area contributed by atoms with Gasteiger partial charge in [-0.25, -0.2) is 4.79 Å². The van der Waals surface area contributed by atoms with Gasteiger partial charge >= 0.3 is 6.16 Å². The maximum Gasteiger partial charge on any atom is 0.508 e. The minimum Gasteiger partial charge on any atom is -0.434 e. The molecule has 0 aromatic carbocycles.